The Hall–Kier alpha value is -0.640. The van der Waals surface area contributed by atoms with Crippen LogP contribution in [-0.2, 0) is 9.47 Å². The van der Waals surface area contributed by atoms with E-state index in [9.17, 15) is 0 Å². The highest BCUT2D eigenvalue weighted by Crippen LogP contribution is 2.19. The first-order valence-electron chi connectivity index (χ1n) is 5.30. The van der Waals surface area contributed by atoms with Crippen LogP contribution in [0, 0.1) is 0 Å². The van der Waals surface area contributed by atoms with E-state index in [2.05, 4.69) is 23.4 Å². The van der Waals surface area contributed by atoms with Crippen LogP contribution in [0.3, 0.4) is 0 Å². The van der Waals surface area contributed by atoms with E-state index in [0.29, 0.717) is 6.61 Å². The van der Waals surface area contributed by atoms with Crippen LogP contribution in [0.4, 0.5) is 0 Å². The van der Waals surface area contributed by atoms with Gasteiger partial charge in [0, 0.05) is 6.61 Å². The van der Waals surface area contributed by atoms with Crippen LogP contribution in [-0.4, -0.2) is 19.5 Å². The van der Waals surface area contributed by atoms with E-state index in [1.54, 1.807) is 11.3 Å². The standard InChI is InChI=1S/C12H16O2S/c1-10(11-5-7-15-9-11)8-14-12-4-2-3-6-13-12/h5,7,9,12H,1-4,6,8H2. The summed E-state index contributed by atoms with van der Waals surface area (Å²) in [5, 5.41) is 4.14. The molecule has 0 amide bonds. The summed E-state index contributed by atoms with van der Waals surface area (Å²) in [5.74, 6) is 0. The minimum atomic E-state index is -0.0193. The minimum absolute atomic E-state index is 0.0193. The molecule has 1 aromatic heterocycles. The van der Waals surface area contributed by atoms with Crippen LogP contribution in [0.25, 0.3) is 5.57 Å². The highest BCUT2D eigenvalue weighted by atomic mass is 32.1. The molecule has 1 saturated heterocycles. The molecular formula is C12H16O2S. The second kappa shape index (κ2) is 5.45. The molecule has 0 N–H and O–H groups in total. The Bertz CT molecular complexity index is 299. The Morgan fingerprint density at radius 3 is 3.20 bits per heavy atom. The summed E-state index contributed by atoms with van der Waals surface area (Å²) in [6, 6.07) is 2.07. The molecule has 0 aromatic carbocycles. The molecule has 1 fully saturated rings. The van der Waals surface area contributed by atoms with E-state index in [-0.39, 0.29) is 6.29 Å². The predicted molar refractivity (Wildman–Crippen MR) is 62.9 cm³/mol. The Labute approximate surface area is 94.5 Å². The van der Waals surface area contributed by atoms with Gasteiger partial charge in [-0.05, 0) is 47.2 Å². The average Bonchev–Trinajstić information content (AvgIpc) is 2.81. The molecule has 0 radical (unpaired) electrons. The van der Waals surface area contributed by atoms with Crippen molar-refractivity contribution in [1.29, 1.82) is 0 Å². The fourth-order valence-electron chi connectivity index (χ4n) is 1.59. The average molecular weight is 224 g/mol. The summed E-state index contributed by atoms with van der Waals surface area (Å²) in [6.07, 6.45) is 3.35. The lowest BCUT2D eigenvalue weighted by atomic mass is 10.2. The molecule has 1 aliphatic heterocycles. The van der Waals surface area contributed by atoms with Crippen molar-refractivity contribution in [3.63, 3.8) is 0 Å². The Morgan fingerprint density at radius 1 is 1.60 bits per heavy atom. The topological polar surface area (TPSA) is 18.5 Å². The van der Waals surface area contributed by atoms with Crippen LogP contribution in [0.15, 0.2) is 23.4 Å². The second-order valence-electron chi connectivity index (χ2n) is 3.72. The van der Waals surface area contributed by atoms with E-state index in [4.69, 9.17) is 9.47 Å². The van der Waals surface area contributed by atoms with E-state index < -0.39 is 0 Å². The molecule has 0 saturated carbocycles. The first-order chi connectivity index (χ1) is 7.36. The lowest BCUT2D eigenvalue weighted by Gasteiger charge is -2.22. The molecule has 0 bridgehead atoms. The lowest BCUT2D eigenvalue weighted by Crippen LogP contribution is -2.22. The SMILES string of the molecule is C=C(COC1CCCCO1)c1ccsc1. The van der Waals surface area contributed by atoms with Gasteiger partial charge in [-0.3, -0.25) is 0 Å². The van der Waals surface area contributed by atoms with Crippen molar-refractivity contribution < 1.29 is 9.47 Å². The van der Waals surface area contributed by atoms with E-state index >= 15 is 0 Å². The molecule has 82 valence electrons. The predicted octanol–water partition coefficient (Wildman–Crippen LogP) is 3.30. The Kier molecular flexibility index (Phi) is 3.94. The lowest BCUT2D eigenvalue weighted by molar-refractivity contribution is -0.154. The van der Waals surface area contributed by atoms with Gasteiger partial charge < -0.3 is 9.47 Å². The van der Waals surface area contributed by atoms with Crippen LogP contribution in [0.1, 0.15) is 24.8 Å². The van der Waals surface area contributed by atoms with Crippen molar-refractivity contribution in [3.8, 4) is 0 Å². The van der Waals surface area contributed by atoms with Crippen molar-refractivity contribution in [1.82, 2.24) is 0 Å². The van der Waals surface area contributed by atoms with Gasteiger partial charge in [-0.1, -0.05) is 6.58 Å². The largest absolute Gasteiger partial charge is 0.353 e. The highest BCUT2D eigenvalue weighted by molar-refractivity contribution is 7.08. The normalized spacial score (nSPS) is 21.5. The fourth-order valence-corrected chi connectivity index (χ4v) is 2.28. The molecule has 2 heterocycles. The molecule has 2 nitrogen and oxygen atoms in total. The molecule has 2 rings (SSSR count). The Morgan fingerprint density at radius 2 is 2.53 bits per heavy atom. The molecule has 1 atom stereocenters. The third-order valence-corrected chi connectivity index (χ3v) is 3.19. The van der Waals surface area contributed by atoms with Gasteiger partial charge in [0.15, 0.2) is 6.29 Å². The molecule has 1 aromatic rings. The quantitative estimate of drug-likeness (QED) is 0.781. The number of rotatable bonds is 4. The maximum Gasteiger partial charge on any atom is 0.158 e. The van der Waals surface area contributed by atoms with Crippen LogP contribution >= 0.6 is 11.3 Å². The molecule has 0 spiro atoms. The third-order valence-electron chi connectivity index (χ3n) is 2.51. The van der Waals surface area contributed by atoms with Crippen molar-refractivity contribution in [2.75, 3.05) is 13.2 Å². The zero-order valence-electron chi connectivity index (χ0n) is 8.78. The van der Waals surface area contributed by atoms with Gasteiger partial charge >= 0.3 is 0 Å². The number of hydrogen-bond acceptors (Lipinski definition) is 3. The highest BCUT2D eigenvalue weighted by Gasteiger charge is 2.14. The maximum atomic E-state index is 5.65. The summed E-state index contributed by atoms with van der Waals surface area (Å²) >= 11 is 1.68. The summed E-state index contributed by atoms with van der Waals surface area (Å²) in [5.41, 5.74) is 2.21. The first kappa shape index (κ1) is 10.9. The van der Waals surface area contributed by atoms with Crippen molar-refractivity contribution >= 4 is 16.9 Å². The summed E-state index contributed by atoms with van der Waals surface area (Å²) in [6.45, 7) is 5.41. The first-order valence-corrected chi connectivity index (χ1v) is 6.24. The Balaban J connectivity index is 1.75. The van der Waals surface area contributed by atoms with E-state index in [1.807, 2.05) is 0 Å². The molecule has 1 aliphatic rings. The van der Waals surface area contributed by atoms with Gasteiger partial charge in [-0.25, -0.2) is 0 Å². The summed E-state index contributed by atoms with van der Waals surface area (Å²) in [4.78, 5) is 0. The van der Waals surface area contributed by atoms with Gasteiger partial charge in [-0.15, -0.1) is 0 Å². The maximum absolute atomic E-state index is 5.65. The fraction of sp³-hybridized carbons (Fsp3) is 0.500. The molecular weight excluding hydrogens is 208 g/mol. The smallest absolute Gasteiger partial charge is 0.158 e. The molecule has 0 aliphatic carbocycles. The number of thiophene rings is 1. The zero-order valence-corrected chi connectivity index (χ0v) is 9.59. The van der Waals surface area contributed by atoms with Crippen LogP contribution in [0.2, 0.25) is 0 Å². The van der Waals surface area contributed by atoms with Gasteiger partial charge in [0.25, 0.3) is 0 Å². The van der Waals surface area contributed by atoms with Gasteiger partial charge in [0.2, 0.25) is 0 Å². The van der Waals surface area contributed by atoms with Gasteiger partial charge in [0.1, 0.15) is 0 Å². The van der Waals surface area contributed by atoms with Crippen molar-refractivity contribution in [3.05, 3.63) is 29.0 Å². The third kappa shape index (κ3) is 3.16. The van der Waals surface area contributed by atoms with Gasteiger partial charge in [0.05, 0.1) is 6.61 Å². The summed E-state index contributed by atoms with van der Waals surface area (Å²) in [7, 11) is 0. The van der Waals surface area contributed by atoms with Gasteiger partial charge in [-0.2, -0.15) is 11.3 Å². The molecule has 3 heteroatoms. The van der Waals surface area contributed by atoms with Crippen molar-refractivity contribution in [2.24, 2.45) is 0 Å². The minimum Gasteiger partial charge on any atom is -0.353 e. The summed E-state index contributed by atoms with van der Waals surface area (Å²) < 4.78 is 11.1. The van der Waals surface area contributed by atoms with E-state index in [0.717, 1.165) is 25.0 Å². The second-order valence-corrected chi connectivity index (χ2v) is 4.50. The van der Waals surface area contributed by atoms with Crippen molar-refractivity contribution in [2.45, 2.75) is 25.6 Å². The molecule has 1 unspecified atom stereocenters. The monoisotopic (exact) mass is 224 g/mol. The number of hydrogen-bond donors (Lipinski definition) is 0. The van der Waals surface area contributed by atoms with E-state index in [1.165, 1.54) is 12.0 Å². The number of ether oxygens (including phenoxy) is 2. The molecule has 15 heavy (non-hydrogen) atoms. The zero-order chi connectivity index (χ0) is 10.5. The van der Waals surface area contributed by atoms with Crippen LogP contribution < -0.4 is 0 Å². The van der Waals surface area contributed by atoms with Crippen LogP contribution in [0.5, 0.6) is 0 Å².